The van der Waals surface area contributed by atoms with Crippen molar-refractivity contribution in [3.63, 3.8) is 0 Å². The second-order valence-corrected chi connectivity index (χ2v) is 6.15. The molecule has 3 rings (SSSR count). The molecular weight excluding hydrogens is 350 g/mol. The van der Waals surface area contributed by atoms with Crippen LogP contribution in [0.3, 0.4) is 0 Å². The molecular formula is C20H16ClN3O2. The minimum Gasteiger partial charge on any atom is -0.506 e. The van der Waals surface area contributed by atoms with E-state index in [2.05, 4.69) is 10.3 Å². The molecule has 130 valence electrons. The van der Waals surface area contributed by atoms with Gasteiger partial charge in [-0.05, 0) is 41.8 Å². The van der Waals surface area contributed by atoms with E-state index in [1.807, 2.05) is 36.5 Å². The molecule has 3 aromatic rings. The summed E-state index contributed by atoms with van der Waals surface area (Å²) in [6, 6.07) is 14.3. The van der Waals surface area contributed by atoms with Gasteiger partial charge in [0.15, 0.2) is 0 Å². The first kappa shape index (κ1) is 17.6. The zero-order valence-electron chi connectivity index (χ0n) is 13.8. The van der Waals surface area contributed by atoms with E-state index in [4.69, 9.17) is 11.6 Å². The molecule has 5 nitrogen and oxygen atoms in total. The fraction of sp³-hybridized carbons (Fsp3) is 0.100. The highest BCUT2D eigenvalue weighted by atomic mass is 35.5. The molecule has 2 aromatic carbocycles. The number of para-hydroxylation sites is 1. The molecule has 0 aliphatic rings. The monoisotopic (exact) mass is 365 g/mol. The molecule has 0 aliphatic carbocycles. The number of benzene rings is 2. The Morgan fingerprint density at radius 3 is 2.88 bits per heavy atom. The average molecular weight is 366 g/mol. The van der Waals surface area contributed by atoms with E-state index in [-0.39, 0.29) is 16.3 Å². The Kier molecular flexibility index (Phi) is 5.26. The number of hydrogen-bond acceptors (Lipinski definition) is 3. The van der Waals surface area contributed by atoms with Crippen molar-refractivity contribution in [3.8, 4) is 11.8 Å². The molecule has 0 unspecified atom stereocenters. The standard InChI is InChI=1S/C20H16ClN3O2/c21-17-10-13(5-6-19(17)25)9-15(11-22)20(26)23-8-7-14-12-24-18-4-2-1-3-16(14)18/h1-6,9-10,12,24-25H,7-8H2,(H,23,26)/b15-9-. The van der Waals surface area contributed by atoms with E-state index in [1.165, 1.54) is 18.2 Å². The zero-order chi connectivity index (χ0) is 18.5. The van der Waals surface area contributed by atoms with Gasteiger partial charge in [0, 0.05) is 23.6 Å². The predicted octanol–water partition coefficient (Wildman–Crippen LogP) is 3.79. The number of carbonyl (C=O) groups excluding carboxylic acids is 1. The quantitative estimate of drug-likeness (QED) is 0.474. The van der Waals surface area contributed by atoms with Gasteiger partial charge in [-0.1, -0.05) is 35.9 Å². The van der Waals surface area contributed by atoms with Gasteiger partial charge >= 0.3 is 0 Å². The first-order chi connectivity index (χ1) is 12.6. The van der Waals surface area contributed by atoms with E-state index in [9.17, 15) is 15.2 Å². The molecule has 0 radical (unpaired) electrons. The minimum absolute atomic E-state index is 0.0225. The lowest BCUT2D eigenvalue weighted by molar-refractivity contribution is -0.117. The van der Waals surface area contributed by atoms with Gasteiger partial charge in [0.1, 0.15) is 17.4 Å². The lowest BCUT2D eigenvalue weighted by atomic mass is 10.1. The number of nitrogens with one attached hydrogen (secondary N) is 2. The van der Waals surface area contributed by atoms with Crippen molar-refractivity contribution in [3.05, 3.63) is 70.4 Å². The number of aromatic amines is 1. The summed E-state index contributed by atoms with van der Waals surface area (Å²) in [6.45, 7) is 0.413. The number of nitrogens with zero attached hydrogens (tertiary/aromatic N) is 1. The lowest BCUT2D eigenvalue weighted by Gasteiger charge is -2.04. The van der Waals surface area contributed by atoms with Crippen LogP contribution in [0.15, 0.2) is 54.2 Å². The average Bonchev–Trinajstić information content (AvgIpc) is 3.06. The first-order valence-corrected chi connectivity index (χ1v) is 8.40. The molecule has 0 spiro atoms. The molecule has 6 heteroatoms. The Morgan fingerprint density at radius 2 is 2.12 bits per heavy atom. The van der Waals surface area contributed by atoms with Crippen molar-refractivity contribution < 1.29 is 9.90 Å². The fourth-order valence-electron chi connectivity index (χ4n) is 2.67. The number of aromatic hydroxyl groups is 1. The molecule has 0 saturated carbocycles. The van der Waals surface area contributed by atoms with Crippen LogP contribution in [-0.4, -0.2) is 22.5 Å². The highest BCUT2D eigenvalue weighted by Gasteiger charge is 2.10. The van der Waals surface area contributed by atoms with Crippen LogP contribution in [0.4, 0.5) is 0 Å². The first-order valence-electron chi connectivity index (χ1n) is 8.02. The van der Waals surface area contributed by atoms with Crippen molar-refractivity contribution in [2.24, 2.45) is 0 Å². The van der Waals surface area contributed by atoms with Crippen LogP contribution in [0.1, 0.15) is 11.1 Å². The third kappa shape index (κ3) is 3.88. The number of H-pyrrole nitrogens is 1. The Morgan fingerprint density at radius 1 is 1.31 bits per heavy atom. The van der Waals surface area contributed by atoms with E-state index >= 15 is 0 Å². The van der Waals surface area contributed by atoms with E-state index in [0.717, 1.165) is 16.5 Å². The van der Waals surface area contributed by atoms with Gasteiger partial charge in [-0.2, -0.15) is 5.26 Å². The highest BCUT2D eigenvalue weighted by Crippen LogP contribution is 2.24. The van der Waals surface area contributed by atoms with Crippen LogP contribution >= 0.6 is 11.6 Å². The number of phenolic OH excluding ortho intramolecular Hbond substituents is 1. The number of fused-ring (bicyclic) bond motifs is 1. The van der Waals surface area contributed by atoms with Crippen molar-refractivity contribution in [2.45, 2.75) is 6.42 Å². The van der Waals surface area contributed by atoms with E-state index in [1.54, 1.807) is 6.07 Å². The van der Waals surface area contributed by atoms with Crippen molar-refractivity contribution in [2.75, 3.05) is 6.54 Å². The summed E-state index contributed by atoms with van der Waals surface area (Å²) < 4.78 is 0. The maximum absolute atomic E-state index is 12.2. The largest absolute Gasteiger partial charge is 0.506 e. The highest BCUT2D eigenvalue weighted by molar-refractivity contribution is 6.32. The van der Waals surface area contributed by atoms with Crippen LogP contribution in [0.2, 0.25) is 5.02 Å². The molecule has 0 atom stereocenters. The number of hydrogen-bond donors (Lipinski definition) is 3. The van der Waals surface area contributed by atoms with Crippen LogP contribution in [0, 0.1) is 11.3 Å². The van der Waals surface area contributed by atoms with Gasteiger partial charge < -0.3 is 15.4 Å². The Hall–Kier alpha value is -3.23. The number of aromatic nitrogens is 1. The Bertz CT molecular complexity index is 1030. The Labute approximate surface area is 155 Å². The van der Waals surface area contributed by atoms with Gasteiger partial charge in [0.05, 0.1) is 5.02 Å². The molecule has 0 saturated heterocycles. The molecule has 0 bridgehead atoms. The van der Waals surface area contributed by atoms with Crippen molar-refractivity contribution in [1.82, 2.24) is 10.3 Å². The third-order valence-corrected chi connectivity index (χ3v) is 4.31. The summed E-state index contributed by atoms with van der Waals surface area (Å²) in [6.07, 6.45) is 4.02. The SMILES string of the molecule is N#C/C(=C/c1ccc(O)c(Cl)c1)C(=O)NCCc1c[nH]c2ccccc12. The second-order valence-electron chi connectivity index (χ2n) is 5.75. The molecule has 26 heavy (non-hydrogen) atoms. The molecule has 1 aromatic heterocycles. The number of nitriles is 1. The second kappa shape index (κ2) is 7.77. The van der Waals surface area contributed by atoms with Crippen LogP contribution in [0.5, 0.6) is 5.75 Å². The van der Waals surface area contributed by atoms with Gasteiger partial charge in [-0.25, -0.2) is 0 Å². The molecule has 0 fully saturated rings. The zero-order valence-corrected chi connectivity index (χ0v) is 14.5. The van der Waals surface area contributed by atoms with Gasteiger partial charge in [-0.15, -0.1) is 0 Å². The minimum atomic E-state index is -0.448. The van der Waals surface area contributed by atoms with Gasteiger partial charge in [0.2, 0.25) is 0 Å². The summed E-state index contributed by atoms with van der Waals surface area (Å²) in [5.41, 5.74) is 2.70. The molecule has 1 amide bonds. The Balaban J connectivity index is 1.65. The van der Waals surface area contributed by atoms with Crippen LogP contribution < -0.4 is 5.32 Å². The molecule has 0 aliphatic heterocycles. The summed E-state index contributed by atoms with van der Waals surface area (Å²) in [7, 11) is 0. The number of rotatable bonds is 5. The maximum atomic E-state index is 12.2. The van der Waals surface area contributed by atoms with Crippen LogP contribution in [-0.2, 0) is 11.2 Å². The molecule has 3 N–H and O–H groups in total. The smallest absolute Gasteiger partial charge is 0.261 e. The number of halogens is 1. The summed E-state index contributed by atoms with van der Waals surface area (Å²) in [5.74, 6) is -0.498. The van der Waals surface area contributed by atoms with Crippen LogP contribution in [0.25, 0.3) is 17.0 Å². The number of phenols is 1. The topological polar surface area (TPSA) is 88.9 Å². The van der Waals surface area contributed by atoms with E-state index < -0.39 is 5.91 Å². The number of amides is 1. The third-order valence-electron chi connectivity index (χ3n) is 4.00. The van der Waals surface area contributed by atoms with E-state index in [0.29, 0.717) is 18.5 Å². The van der Waals surface area contributed by atoms with Gasteiger partial charge in [-0.3, -0.25) is 4.79 Å². The molecule has 1 heterocycles. The lowest BCUT2D eigenvalue weighted by Crippen LogP contribution is -2.26. The predicted molar refractivity (Wildman–Crippen MR) is 102 cm³/mol. The summed E-state index contributed by atoms with van der Waals surface area (Å²) >= 11 is 5.84. The fourth-order valence-corrected chi connectivity index (χ4v) is 2.86. The number of carbonyl (C=O) groups is 1. The van der Waals surface area contributed by atoms with Crippen molar-refractivity contribution in [1.29, 1.82) is 5.26 Å². The summed E-state index contributed by atoms with van der Waals surface area (Å²) in [5, 5.41) is 22.7. The van der Waals surface area contributed by atoms with Gasteiger partial charge in [0.25, 0.3) is 5.91 Å². The van der Waals surface area contributed by atoms with Crippen molar-refractivity contribution >= 4 is 34.5 Å². The summed E-state index contributed by atoms with van der Waals surface area (Å²) in [4.78, 5) is 15.4. The maximum Gasteiger partial charge on any atom is 0.261 e. The normalized spacial score (nSPS) is 11.3.